The number of rotatable bonds is 12. The Kier molecular flexibility index (Phi) is 28.8. The van der Waals surface area contributed by atoms with Crippen LogP contribution in [0.1, 0.15) is 85.0 Å². The normalized spacial score (nSPS) is 12.3. The number of aliphatic hydroxyl groups excluding tert-OH is 4. The topological polar surface area (TPSA) is 118 Å². The fraction of sp³-hybridized carbons (Fsp3) is 0.944. The Balaban J connectivity index is -0.000000361. The molecule has 0 aliphatic rings. The van der Waals surface area contributed by atoms with Crippen LogP contribution in [0.3, 0.4) is 0 Å². The Hall–Kier alpha value is -0.690. The van der Waals surface area contributed by atoms with Crippen molar-refractivity contribution in [3.05, 3.63) is 0 Å². The van der Waals surface area contributed by atoms with E-state index in [1.165, 1.54) is 58.8 Å². The zero-order valence-corrected chi connectivity index (χ0v) is 15.8. The third-order valence-corrected chi connectivity index (χ3v) is 3.02. The molecule has 2 atom stereocenters. The van der Waals surface area contributed by atoms with Gasteiger partial charge >= 0.3 is 5.97 Å². The molecule has 0 aliphatic carbocycles. The second-order valence-corrected chi connectivity index (χ2v) is 6.04. The molecule has 0 aromatic heterocycles. The maximum atomic E-state index is 10.2. The largest absolute Gasteiger partial charge is 0.481 e. The van der Waals surface area contributed by atoms with Gasteiger partial charge in [-0.05, 0) is 20.3 Å². The maximum absolute atomic E-state index is 10.2. The Labute approximate surface area is 147 Å². The van der Waals surface area contributed by atoms with Crippen molar-refractivity contribution in [2.75, 3.05) is 13.2 Å². The molecule has 0 heterocycles. The van der Waals surface area contributed by atoms with E-state index in [2.05, 4.69) is 6.92 Å². The first kappa shape index (κ1) is 28.1. The standard InChI is InChI=1S/C12H24O2.2C3H8O2/c1-2-3-4-5-6-7-8-9-10-11-12(13)14;2*1-3(5)2-4/h2-11H2,1H3,(H,13,14);2*3-5H,2H2,1H3. The lowest BCUT2D eigenvalue weighted by atomic mass is 10.1. The van der Waals surface area contributed by atoms with Crippen molar-refractivity contribution in [3.63, 3.8) is 0 Å². The third kappa shape index (κ3) is 42.9. The molecule has 6 heteroatoms. The summed E-state index contributed by atoms with van der Waals surface area (Å²) in [5.74, 6) is -0.659. The lowest BCUT2D eigenvalue weighted by molar-refractivity contribution is -0.137. The van der Waals surface area contributed by atoms with Crippen LogP contribution in [0.15, 0.2) is 0 Å². The van der Waals surface area contributed by atoms with Crippen LogP contribution < -0.4 is 0 Å². The summed E-state index contributed by atoms with van der Waals surface area (Å²) in [5.41, 5.74) is 0. The highest BCUT2D eigenvalue weighted by molar-refractivity contribution is 5.66. The molecule has 24 heavy (non-hydrogen) atoms. The van der Waals surface area contributed by atoms with Gasteiger partial charge in [0.1, 0.15) is 0 Å². The summed E-state index contributed by atoms with van der Waals surface area (Å²) >= 11 is 0. The number of carboxylic acids is 1. The zero-order valence-electron chi connectivity index (χ0n) is 15.8. The Morgan fingerprint density at radius 3 is 1.29 bits per heavy atom. The minimum atomic E-state index is -0.659. The molecule has 0 saturated heterocycles. The van der Waals surface area contributed by atoms with Crippen LogP contribution in [0, 0.1) is 0 Å². The smallest absolute Gasteiger partial charge is 0.303 e. The summed E-state index contributed by atoms with van der Waals surface area (Å²) in [6.45, 7) is 5.01. The van der Waals surface area contributed by atoms with Crippen molar-refractivity contribution in [1.82, 2.24) is 0 Å². The highest BCUT2D eigenvalue weighted by Crippen LogP contribution is 2.10. The first-order valence-electron chi connectivity index (χ1n) is 9.11. The first-order valence-corrected chi connectivity index (χ1v) is 9.11. The van der Waals surface area contributed by atoms with Gasteiger partial charge in [0.05, 0.1) is 25.4 Å². The van der Waals surface area contributed by atoms with Crippen molar-refractivity contribution >= 4 is 5.97 Å². The van der Waals surface area contributed by atoms with Crippen LogP contribution in [-0.4, -0.2) is 56.9 Å². The predicted octanol–water partition coefficient (Wildman–Crippen LogP) is 2.71. The van der Waals surface area contributed by atoms with Crippen LogP contribution in [0.4, 0.5) is 0 Å². The second kappa shape index (κ2) is 24.6. The Morgan fingerprint density at radius 1 is 0.750 bits per heavy atom. The van der Waals surface area contributed by atoms with E-state index in [1.54, 1.807) is 0 Å². The molecule has 0 aromatic rings. The van der Waals surface area contributed by atoms with Crippen molar-refractivity contribution in [3.8, 4) is 0 Å². The molecule has 0 spiro atoms. The van der Waals surface area contributed by atoms with E-state index in [1.807, 2.05) is 0 Å². The monoisotopic (exact) mass is 352 g/mol. The van der Waals surface area contributed by atoms with Crippen molar-refractivity contribution in [2.24, 2.45) is 0 Å². The van der Waals surface area contributed by atoms with E-state index in [9.17, 15) is 4.79 Å². The van der Waals surface area contributed by atoms with Gasteiger partial charge in [-0.1, -0.05) is 58.3 Å². The number of carboxylic acid groups (broad SMARTS) is 1. The molecular weight excluding hydrogens is 312 g/mol. The van der Waals surface area contributed by atoms with E-state index in [4.69, 9.17) is 25.5 Å². The minimum absolute atomic E-state index is 0.139. The van der Waals surface area contributed by atoms with Gasteiger partial charge in [0.2, 0.25) is 0 Å². The molecule has 5 N–H and O–H groups in total. The molecule has 0 aliphatic heterocycles. The van der Waals surface area contributed by atoms with E-state index >= 15 is 0 Å². The molecule has 0 bridgehead atoms. The number of aliphatic hydroxyl groups is 4. The molecule has 0 rings (SSSR count). The molecule has 148 valence electrons. The van der Waals surface area contributed by atoms with Crippen LogP contribution in [0.25, 0.3) is 0 Å². The van der Waals surface area contributed by atoms with Gasteiger partial charge in [-0.2, -0.15) is 0 Å². The predicted molar refractivity (Wildman–Crippen MR) is 97.0 cm³/mol. The van der Waals surface area contributed by atoms with Crippen LogP contribution in [0.5, 0.6) is 0 Å². The van der Waals surface area contributed by atoms with E-state index in [0.29, 0.717) is 6.42 Å². The number of unbranched alkanes of at least 4 members (excludes halogenated alkanes) is 8. The van der Waals surface area contributed by atoms with Gasteiger partial charge in [0.25, 0.3) is 0 Å². The average molecular weight is 353 g/mol. The third-order valence-electron chi connectivity index (χ3n) is 3.02. The molecule has 0 aromatic carbocycles. The van der Waals surface area contributed by atoms with Crippen LogP contribution in [0.2, 0.25) is 0 Å². The summed E-state index contributed by atoms with van der Waals surface area (Å²) in [6, 6.07) is 0. The summed E-state index contributed by atoms with van der Waals surface area (Å²) in [6.07, 6.45) is 10.4. The Bertz CT molecular complexity index is 224. The fourth-order valence-electron chi connectivity index (χ4n) is 1.59. The van der Waals surface area contributed by atoms with Crippen molar-refractivity contribution in [1.29, 1.82) is 0 Å². The van der Waals surface area contributed by atoms with E-state index in [-0.39, 0.29) is 13.2 Å². The molecule has 0 radical (unpaired) electrons. The minimum Gasteiger partial charge on any atom is -0.481 e. The molecule has 0 fully saturated rings. The van der Waals surface area contributed by atoms with Gasteiger partial charge in [0.15, 0.2) is 0 Å². The lowest BCUT2D eigenvalue weighted by Crippen LogP contribution is -2.03. The summed E-state index contributed by atoms with van der Waals surface area (Å²) in [4.78, 5) is 10.2. The van der Waals surface area contributed by atoms with Gasteiger partial charge < -0.3 is 25.5 Å². The van der Waals surface area contributed by atoms with E-state index in [0.717, 1.165) is 12.8 Å². The van der Waals surface area contributed by atoms with Gasteiger partial charge in [-0.25, -0.2) is 0 Å². The van der Waals surface area contributed by atoms with Gasteiger partial charge in [-0.15, -0.1) is 0 Å². The number of carbonyl (C=O) groups is 1. The van der Waals surface area contributed by atoms with Crippen LogP contribution >= 0.6 is 0 Å². The molecule has 0 saturated carbocycles. The molecule has 6 nitrogen and oxygen atoms in total. The number of aliphatic carboxylic acids is 1. The maximum Gasteiger partial charge on any atom is 0.303 e. The fourth-order valence-corrected chi connectivity index (χ4v) is 1.59. The Morgan fingerprint density at radius 2 is 1.04 bits per heavy atom. The number of hydrogen-bond acceptors (Lipinski definition) is 5. The average Bonchev–Trinajstić information content (AvgIpc) is 2.54. The highest BCUT2D eigenvalue weighted by Gasteiger charge is 1.96. The second-order valence-electron chi connectivity index (χ2n) is 6.04. The van der Waals surface area contributed by atoms with Crippen LogP contribution in [-0.2, 0) is 4.79 Å². The SMILES string of the molecule is CC(O)CO.CC(O)CO.CCCCCCCCCCCC(=O)O. The van der Waals surface area contributed by atoms with Crippen molar-refractivity contribution < 1.29 is 30.3 Å². The first-order chi connectivity index (χ1) is 11.3. The summed E-state index contributed by atoms with van der Waals surface area (Å²) in [7, 11) is 0. The van der Waals surface area contributed by atoms with E-state index < -0.39 is 18.2 Å². The summed E-state index contributed by atoms with van der Waals surface area (Å²) < 4.78 is 0. The molecule has 2 unspecified atom stereocenters. The van der Waals surface area contributed by atoms with Gasteiger partial charge in [0, 0.05) is 6.42 Å². The molecule has 0 amide bonds. The quantitative estimate of drug-likeness (QED) is 0.345. The van der Waals surface area contributed by atoms with Gasteiger partial charge in [-0.3, -0.25) is 4.79 Å². The number of hydrogen-bond donors (Lipinski definition) is 5. The zero-order chi connectivity index (χ0) is 19.2. The molecular formula is C18H40O6. The summed E-state index contributed by atoms with van der Waals surface area (Å²) in [5, 5.41) is 40.4. The highest BCUT2D eigenvalue weighted by atomic mass is 16.4. The lowest BCUT2D eigenvalue weighted by Gasteiger charge is -2.00. The van der Waals surface area contributed by atoms with Crippen molar-refractivity contribution in [2.45, 2.75) is 97.2 Å².